The van der Waals surface area contributed by atoms with Crippen molar-refractivity contribution >= 4 is 11.7 Å². The number of hydrogen-bond acceptors (Lipinski definition) is 5. The molecule has 1 amide bonds. The molecule has 1 aromatic rings. The van der Waals surface area contributed by atoms with E-state index >= 15 is 0 Å². The maximum absolute atomic E-state index is 12.9. The van der Waals surface area contributed by atoms with E-state index in [2.05, 4.69) is 27.8 Å². The Balaban J connectivity index is 1.54. The Morgan fingerprint density at radius 3 is 2.84 bits per heavy atom. The van der Waals surface area contributed by atoms with Gasteiger partial charge in [-0.1, -0.05) is 6.92 Å². The maximum Gasteiger partial charge on any atom is 0.227 e. The summed E-state index contributed by atoms with van der Waals surface area (Å²) in [6.45, 7) is 8.37. The lowest BCUT2D eigenvalue weighted by Gasteiger charge is -2.39. The first-order valence-electron chi connectivity index (χ1n) is 9.33. The molecular weight excluding hydrogens is 314 g/mol. The third-order valence-electron chi connectivity index (χ3n) is 5.18. The van der Waals surface area contributed by atoms with Crippen molar-refractivity contribution in [2.24, 2.45) is 5.92 Å². The molecule has 1 atom stereocenters. The first kappa shape index (κ1) is 17.7. The zero-order valence-corrected chi connectivity index (χ0v) is 15.0. The number of likely N-dealkylation sites (tertiary alicyclic amines) is 1. The van der Waals surface area contributed by atoms with E-state index in [0.717, 1.165) is 70.9 Å². The molecule has 0 aliphatic carbocycles. The molecule has 25 heavy (non-hydrogen) atoms. The van der Waals surface area contributed by atoms with Crippen molar-refractivity contribution in [3.63, 3.8) is 0 Å². The van der Waals surface area contributed by atoms with E-state index in [9.17, 15) is 4.79 Å². The first-order valence-corrected chi connectivity index (χ1v) is 9.33. The van der Waals surface area contributed by atoms with Crippen LogP contribution in [-0.4, -0.2) is 66.5 Å². The van der Waals surface area contributed by atoms with Gasteiger partial charge < -0.3 is 14.7 Å². The van der Waals surface area contributed by atoms with Crippen molar-refractivity contribution in [2.45, 2.75) is 26.2 Å². The topological polar surface area (TPSA) is 63.5 Å². The average molecular weight is 341 g/mol. The molecule has 2 aliphatic heterocycles. The number of carbonyl (C=O) groups is 1. The Morgan fingerprint density at radius 1 is 1.32 bits per heavy atom. The second kappa shape index (κ2) is 8.30. The van der Waals surface area contributed by atoms with E-state index in [1.807, 2.05) is 11.0 Å². The molecule has 0 radical (unpaired) electrons. The van der Waals surface area contributed by atoms with Crippen LogP contribution in [0.1, 0.15) is 31.7 Å². The Labute approximate surface area is 150 Å². The fourth-order valence-electron chi connectivity index (χ4n) is 3.85. The number of nitrogens with zero attached hydrogens (tertiary/aromatic N) is 5. The maximum atomic E-state index is 12.9. The van der Waals surface area contributed by atoms with Gasteiger partial charge >= 0.3 is 0 Å². The molecule has 1 aromatic heterocycles. The summed E-state index contributed by atoms with van der Waals surface area (Å²) in [5.74, 6) is 1.31. The minimum atomic E-state index is 0.159. The van der Waals surface area contributed by atoms with E-state index < -0.39 is 0 Å². The zero-order chi connectivity index (χ0) is 17.6. The van der Waals surface area contributed by atoms with Crippen LogP contribution >= 0.6 is 0 Å². The van der Waals surface area contributed by atoms with Crippen LogP contribution in [0.5, 0.6) is 0 Å². The molecule has 0 aromatic carbocycles. The minimum absolute atomic E-state index is 0.159. The van der Waals surface area contributed by atoms with Crippen LogP contribution in [0.15, 0.2) is 18.3 Å². The highest BCUT2D eigenvalue weighted by atomic mass is 16.2. The van der Waals surface area contributed by atoms with Gasteiger partial charge in [0.2, 0.25) is 5.91 Å². The largest absolute Gasteiger partial charge is 0.353 e. The summed E-state index contributed by atoms with van der Waals surface area (Å²) in [4.78, 5) is 23.8. The second-order valence-corrected chi connectivity index (χ2v) is 6.97. The number of anilines is 1. The quantitative estimate of drug-likeness (QED) is 0.834. The lowest BCUT2D eigenvalue weighted by Crippen LogP contribution is -2.52. The molecule has 3 heterocycles. The van der Waals surface area contributed by atoms with Gasteiger partial charge in [-0.3, -0.25) is 4.79 Å². The van der Waals surface area contributed by atoms with Gasteiger partial charge in [0, 0.05) is 38.9 Å². The standard InChI is InChI=1S/C19H27N5O/c1-2-7-22-8-3-4-17(15-22)19(25)24-11-9-23(10-12-24)18-13-16(14-20)5-6-21-18/h5-6,13,17H,2-4,7-12,15H2,1H3. The number of piperazine rings is 1. The van der Waals surface area contributed by atoms with Crippen molar-refractivity contribution in [1.82, 2.24) is 14.8 Å². The molecule has 0 bridgehead atoms. The van der Waals surface area contributed by atoms with Crippen molar-refractivity contribution in [3.8, 4) is 6.07 Å². The summed E-state index contributed by atoms with van der Waals surface area (Å²) >= 11 is 0. The fourth-order valence-corrected chi connectivity index (χ4v) is 3.85. The van der Waals surface area contributed by atoms with Gasteiger partial charge in [-0.15, -0.1) is 0 Å². The summed E-state index contributed by atoms with van der Waals surface area (Å²) in [5.41, 5.74) is 0.627. The summed E-state index contributed by atoms with van der Waals surface area (Å²) in [5, 5.41) is 9.03. The number of pyridine rings is 1. The smallest absolute Gasteiger partial charge is 0.227 e. The van der Waals surface area contributed by atoms with Gasteiger partial charge in [-0.05, 0) is 44.5 Å². The number of amides is 1. The molecule has 6 heteroatoms. The fraction of sp³-hybridized carbons (Fsp3) is 0.632. The summed E-state index contributed by atoms with van der Waals surface area (Å²) in [6.07, 6.45) is 4.97. The number of hydrogen-bond donors (Lipinski definition) is 0. The number of piperidine rings is 1. The van der Waals surface area contributed by atoms with Crippen LogP contribution in [-0.2, 0) is 4.79 Å². The van der Waals surface area contributed by atoms with E-state index in [-0.39, 0.29) is 5.92 Å². The number of carbonyl (C=O) groups excluding carboxylic acids is 1. The monoisotopic (exact) mass is 341 g/mol. The van der Waals surface area contributed by atoms with Crippen LogP contribution < -0.4 is 4.90 Å². The predicted molar refractivity (Wildman–Crippen MR) is 97.2 cm³/mol. The highest BCUT2D eigenvalue weighted by Gasteiger charge is 2.30. The molecule has 0 N–H and O–H groups in total. The van der Waals surface area contributed by atoms with Gasteiger partial charge in [-0.25, -0.2) is 4.98 Å². The first-order chi connectivity index (χ1) is 12.2. The average Bonchev–Trinajstić information content (AvgIpc) is 2.68. The van der Waals surface area contributed by atoms with Crippen LogP contribution in [0.2, 0.25) is 0 Å². The summed E-state index contributed by atoms with van der Waals surface area (Å²) < 4.78 is 0. The highest BCUT2D eigenvalue weighted by molar-refractivity contribution is 5.79. The number of rotatable bonds is 4. The second-order valence-electron chi connectivity index (χ2n) is 6.97. The number of aromatic nitrogens is 1. The molecule has 1 unspecified atom stereocenters. The molecule has 0 spiro atoms. The van der Waals surface area contributed by atoms with E-state index in [4.69, 9.17) is 5.26 Å². The molecule has 2 saturated heterocycles. The van der Waals surface area contributed by atoms with Crippen LogP contribution in [0.4, 0.5) is 5.82 Å². The third-order valence-corrected chi connectivity index (χ3v) is 5.18. The molecule has 2 fully saturated rings. The lowest BCUT2D eigenvalue weighted by atomic mass is 9.96. The Morgan fingerprint density at radius 2 is 2.12 bits per heavy atom. The predicted octanol–water partition coefficient (Wildman–Crippen LogP) is 1.72. The summed E-state index contributed by atoms with van der Waals surface area (Å²) in [6, 6.07) is 5.69. The molecule has 134 valence electrons. The molecule has 3 rings (SSSR count). The molecular formula is C19H27N5O. The van der Waals surface area contributed by atoms with Gasteiger partial charge in [0.25, 0.3) is 0 Å². The van der Waals surface area contributed by atoms with Gasteiger partial charge in [0.15, 0.2) is 0 Å². The van der Waals surface area contributed by atoms with Crippen LogP contribution in [0.3, 0.4) is 0 Å². The molecule has 0 saturated carbocycles. The normalized spacial score (nSPS) is 21.8. The molecule has 2 aliphatic rings. The van der Waals surface area contributed by atoms with E-state index in [1.165, 1.54) is 0 Å². The summed E-state index contributed by atoms with van der Waals surface area (Å²) in [7, 11) is 0. The van der Waals surface area contributed by atoms with Crippen molar-refractivity contribution in [2.75, 3.05) is 50.7 Å². The highest BCUT2D eigenvalue weighted by Crippen LogP contribution is 2.21. The Bertz CT molecular complexity index is 631. The SMILES string of the molecule is CCCN1CCCC(C(=O)N2CCN(c3cc(C#N)ccn3)CC2)C1. The van der Waals surface area contributed by atoms with Gasteiger partial charge in [-0.2, -0.15) is 5.26 Å². The van der Waals surface area contributed by atoms with Crippen molar-refractivity contribution in [3.05, 3.63) is 23.9 Å². The molecule has 6 nitrogen and oxygen atoms in total. The van der Waals surface area contributed by atoms with Gasteiger partial charge in [0.1, 0.15) is 5.82 Å². The van der Waals surface area contributed by atoms with Crippen LogP contribution in [0, 0.1) is 17.2 Å². The van der Waals surface area contributed by atoms with Gasteiger partial charge in [0.05, 0.1) is 17.6 Å². The number of nitriles is 1. The Hall–Kier alpha value is -2.13. The van der Waals surface area contributed by atoms with Crippen molar-refractivity contribution in [1.29, 1.82) is 5.26 Å². The zero-order valence-electron chi connectivity index (χ0n) is 15.0. The minimum Gasteiger partial charge on any atom is -0.353 e. The van der Waals surface area contributed by atoms with Crippen LogP contribution in [0.25, 0.3) is 0 Å². The third kappa shape index (κ3) is 4.29. The Kier molecular flexibility index (Phi) is 5.87. The van der Waals surface area contributed by atoms with E-state index in [1.54, 1.807) is 12.3 Å². The lowest BCUT2D eigenvalue weighted by molar-refractivity contribution is -0.137. The van der Waals surface area contributed by atoms with E-state index in [0.29, 0.717) is 11.5 Å². The van der Waals surface area contributed by atoms with Crippen molar-refractivity contribution < 1.29 is 4.79 Å².